The molecule has 5 rings (SSSR count). The minimum Gasteiger partial charge on any atom is -0.366 e. The number of imide groups is 2. The number of barbiturate groups is 1. The molecule has 1 fully saturated rings. The maximum atomic E-state index is 13.4. The van der Waals surface area contributed by atoms with Crippen molar-refractivity contribution in [1.29, 1.82) is 0 Å². The van der Waals surface area contributed by atoms with Crippen molar-refractivity contribution in [3.05, 3.63) is 141 Å². The van der Waals surface area contributed by atoms with Crippen molar-refractivity contribution in [2.24, 2.45) is 5.73 Å². The molecular formula is C32H23N7O7. The Morgan fingerprint density at radius 1 is 0.913 bits per heavy atom. The molecule has 0 bridgehead atoms. The zero-order valence-electron chi connectivity index (χ0n) is 23.7. The van der Waals surface area contributed by atoms with Crippen LogP contribution in [-0.4, -0.2) is 44.7 Å². The van der Waals surface area contributed by atoms with Crippen LogP contribution in [0, 0.1) is 0 Å². The maximum absolute atomic E-state index is 13.4. The van der Waals surface area contributed by atoms with Gasteiger partial charge in [-0.2, -0.15) is 0 Å². The molecule has 14 nitrogen and oxygen atoms in total. The number of nitrogens with zero attached hydrogens (tertiary/aromatic N) is 3. The lowest BCUT2D eigenvalue weighted by Crippen LogP contribution is -2.54. The molecule has 1 aliphatic rings. The van der Waals surface area contributed by atoms with Gasteiger partial charge in [0.25, 0.3) is 17.4 Å². The molecule has 2 aromatic carbocycles. The standard InChI is InChI=1S/C32H23N7O7/c33-27(41)21-3-1-5-24(15-21)38-29(43)22(17-35-31(38)45)8-7-19(20-11-13-34-14-12-20)9-10-26-28(42)37-32(46)39(30(26)44)25-6-2-4-23(16-25)36-18-40/h1-18H,(H2,33,41)(H,35,45)(H,36,40)(H,37,42,46). The summed E-state index contributed by atoms with van der Waals surface area (Å²) in [6.45, 7) is 0. The smallest absolute Gasteiger partial charge is 0.335 e. The second kappa shape index (κ2) is 13.1. The molecule has 2 aromatic heterocycles. The summed E-state index contributed by atoms with van der Waals surface area (Å²) >= 11 is 0. The minimum absolute atomic E-state index is 0.0590. The van der Waals surface area contributed by atoms with E-state index in [2.05, 4.69) is 20.6 Å². The Bertz CT molecular complexity index is 2110. The quantitative estimate of drug-likeness (QED) is 0.0942. The zero-order chi connectivity index (χ0) is 32.8. The number of H-pyrrole nitrogens is 1. The largest absolute Gasteiger partial charge is 0.366 e. The molecule has 1 aliphatic heterocycles. The summed E-state index contributed by atoms with van der Waals surface area (Å²) in [4.78, 5) is 94.4. The van der Waals surface area contributed by atoms with Crippen LogP contribution in [0.3, 0.4) is 0 Å². The van der Waals surface area contributed by atoms with E-state index in [0.29, 0.717) is 23.2 Å². The monoisotopic (exact) mass is 617 g/mol. The summed E-state index contributed by atoms with van der Waals surface area (Å²) in [5.41, 5.74) is 5.27. The summed E-state index contributed by atoms with van der Waals surface area (Å²) in [7, 11) is 0. The van der Waals surface area contributed by atoms with E-state index in [1.807, 2.05) is 0 Å². The summed E-state index contributed by atoms with van der Waals surface area (Å²) in [5, 5.41) is 4.56. The van der Waals surface area contributed by atoms with Crippen molar-refractivity contribution in [3.63, 3.8) is 0 Å². The van der Waals surface area contributed by atoms with Crippen molar-refractivity contribution in [1.82, 2.24) is 19.9 Å². The van der Waals surface area contributed by atoms with Gasteiger partial charge in [-0.25, -0.2) is 19.1 Å². The highest BCUT2D eigenvalue weighted by Crippen LogP contribution is 2.24. The lowest BCUT2D eigenvalue weighted by molar-refractivity contribution is -0.122. The first kappa shape index (κ1) is 30.5. The number of nitrogens with two attached hydrogens (primary N) is 1. The van der Waals surface area contributed by atoms with E-state index in [1.165, 1.54) is 85.4 Å². The Morgan fingerprint density at radius 2 is 1.65 bits per heavy atom. The topological polar surface area (TPSA) is 206 Å². The number of aromatic nitrogens is 3. The van der Waals surface area contributed by atoms with E-state index in [1.54, 1.807) is 18.2 Å². The van der Waals surface area contributed by atoms with Gasteiger partial charge in [-0.1, -0.05) is 24.3 Å². The first-order valence-electron chi connectivity index (χ1n) is 13.4. The molecule has 5 N–H and O–H groups in total. The van der Waals surface area contributed by atoms with Crippen LogP contribution in [0.15, 0.2) is 113 Å². The van der Waals surface area contributed by atoms with Gasteiger partial charge >= 0.3 is 11.7 Å². The fourth-order valence-corrected chi connectivity index (χ4v) is 4.50. The van der Waals surface area contributed by atoms with Gasteiger partial charge in [-0.3, -0.25) is 34.3 Å². The number of amides is 6. The number of pyridine rings is 1. The number of rotatable bonds is 9. The van der Waals surface area contributed by atoms with E-state index in [0.717, 1.165) is 9.47 Å². The highest BCUT2D eigenvalue weighted by molar-refractivity contribution is 6.37. The predicted molar refractivity (Wildman–Crippen MR) is 168 cm³/mol. The average molecular weight is 618 g/mol. The number of carbonyl (C=O) groups is 5. The summed E-state index contributed by atoms with van der Waals surface area (Å²) in [6.07, 6.45) is 10.3. The van der Waals surface area contributed by atoms with Crippen LogP contribution >= 0.6 is 0 Å². The van der Waals surface area contributed by atoms with Crippen molar-refractivity contribution in [2.75, 3.05) is 10.2 Å². The van der Waals surface area contributed by atoms with Crippen molar-refractivity contribution in [3.8, 4) is 5.69 Å². The molecule has 46 heavy (non-hydrogen) atoms. The number of carbonyl (C=O) groups excluding carboxylic acids is 5. The number of hydrogen-bond acceptors (Lipinski definition) is 8. The molecule has 0 aliphatic carbocycles. The molecule has 4 aromatic rings. The van der Waals surface area contributed by atoms with E-state index in [-0.39, 0.29) is 28.1 Å². The number of aromatic amines is 1. The van der Waals surface area contributed by atoms with Gasteiger partial charge in [0.2, 0.25) is 12.3 Å². The first-order chi connectivity index (χ1) is 22.2. The molecular weight excluding hydrogens is 594 g/mol. The van der Waals surface area contributed by atoms with Gasteiger partial charge < -0.3 is 16.0 Å². The van der Waals surface area contributed by atoms with Gasteiger partial charge in [-0.15, -0.1) is 0 Å². The third-order valence-corrected chi connectivity index (χ3v) is 6.71. The average Bonchev–Trinajstić information content (AvgIpc) is 3.04. The highest BCUT2D eigenvalue weighted by Gasteiger charge is 2.36. The Kier molecular flexibility index (Phi) is 8.71. The minimum atomic E-state index is -0.968. The number of benzene rings is 2. The fraction of sp³-hybridized carbons (Fsp3) is 0. The predicted octanol–water partition coefficient (Wildman–Crippen LogP) is 1.89. The van der Waals surface area contributed by atoms with Gasteiger partial charge in [0.1, 0.15) is 5.57 Å². The van der Waals surface area contributed by atoms with E-state index in [4.69, 9.17) is 5.73 Å². The second-order valence-electron chi connectivity index (χ2n) is 9.59. The van der Waals surface area contributed by atoms with Crippen LogP contribution < -0.4 is 32.5 Å². The molecule has 0 radical (unpaired) electrons. The van der Waals surface area contributed by atoms with Crippen LogP contribution in [0.5, 0.6) is 0 Å². The van der Waals surface area contributed by atoms with Gasteiger partial charge in [0.15, 0.2) is 0 Å². The first-order valence-corrected chi connectivity index (χ1v) is 13.4. The Labute approximate surface area is 259 Å². The Hall–Kier alpha value is -6.96. The van der Waals surface area contributed by atoms with Gasteiger partial charge in [-0.05, 0) is 71.8 Å². The normalized spacial score (nSPS) is 14.4. The Morgan fingerprint density at radius 3 is 2.39 bits per heavy atom. The Balaban J connectivity index is 1.54. The third kappa shape index (κ3) is 6.35. The van der Waals surface area contributed by atoms with Crippen LogP contribution in [-0.2, 0) is 14.4 Å². The number of allylic oxidation sites excluding steroid dienone is 4. The lowest BCUT2D eigenvalue weighted by Gasteiger charge is -2.26. The number of primary amides is 1. The van der Waals surface area contributed by atoms with Gasteiger partial charge in [0.05, 0.1) is 16.9 Å². The second-order valence-corrected chi connectivity index (χ2v) is 9.59. The number of hydrogen-bond donors (Lipinski definition) is 4. The molecule has 0 saturated carbocycles. The van der Waals surface area contributed by atoms with E-state index >= 15 is 0 Å². The maximum Gasteiger partial charge on any atom is 0.335 e. The number of urea groups is 1. The van der Waals surface area contributed by atoms with Crippen molar-refractivity contribution in [2.45, 2.75) is 0 Å². The summed E-state index contributed by atoms with van der Waals surface area (Å²) in [6, 6.07) is 14.0. The molecule has 0 spiro atoms. The third-order valence-electron chi connectivity index (χ3n) is 6.71. The van der Waals surface area contributed by atoms with Crippen LogP contribution in [0.4, 0.5) is 16.2 Å². The molecule has 0 atom stereocenters. The van der Waals surface area contributed by atoms with E-state index in [9.17, 15) is 33.6 Å². The number of nitrogens with one attached hydrogen (secondary N) is 3. The molecule has 3 heterocycles. The molecule has 6 amide bonds. The molecule has 228 valence electrons. The van der Waals surface area contributed by atoms with Crippen molar-refractivity contribution >= 4 is 53.2 Å². The number of anilines is 2. The highest BCUT2D eigenvalue weighted by atomic mass is 16.2. The summed E-state index contributed by atoms with van der Waals surface area (Å²) < 4.78 is 0.847. The molecule has 0 unspecified atom stereocenters. The zero-order valence-corrected chi connectivity index (χ0v) is 23.7. The van der Waals surface area contributed by atoms with E-state index < -0.39 is 35.0 Å². The lowest BCUT2D eigenvalue weighted by atomic mass is 10.0. The van der Waals surface area contributed by atoms with Crippen LogP contribution in [0.25, 0.3) is 17.3 Å². The molecule has 14 heteroatoms. The molecule has 1 saturated heterocycles. The van der Waals surface area contributed by atoms with Gasteiger partial charge in [0, 0.05) is 29.8 Å². The van der Waals surface area contributed by atoms with Crippen LogP contribution in [0.2, 0.25) is 0 Å². The SMILES string of the molecule is NC(=O)c1cccc(-n2c(=O)[nH]cc(C=CC(=CC=C3C(=O)NC(=O)N(c4cccc(NC=O)c4)C3=O)c3ccncc3)c2=O)c1. The van der Waals surface area contributed by atoms with Crippen molar-refractivity contribution < 1.29 is 24.0 Å². The fourth-order valence-electron chi connectivity index (χ4n) is 4.50. The summed E-state index contributed by atoms with van der Waals surface area (Å²) in [5.74, 6) is -2.57. The van der Waals surface area contributed by atoms with Crippen LogP contribution in [0.1, 0.15) is 21.5 Å².